The fraction of sp³-hybridized carbons (Fsp3) is 0.300. The molecule has 0 aliphatic heterocycles. The molecule has 0 unspecified atom stereocenters. The van der Waals surface area contributed by atoms with Crippen LogP contribution in [0, 0.1) is 0 Å². The van der Waals surface area contributed by atoms with Crippen LogP contribution in [0.15, 0.2) is 18.2 Å². The fourth-order valence-corrected chi connectivity index (χ4v) is 1.89. The zero-order chi connectivity index (χ0) is 15.6. The Kier molecular flexibility index (Phi) is 4.74. The molecule has 0 saturated heterocycles. The lowest BCUT2D eigenvalue weighted by Crippen LogP contribution is -2.54. The molecule has 8 N–H and O–H groups in total. The van der Waals surface area contributed by atoms with Crippen LogP contribution in [-0.2, 0) is 15.8 Å². The first-order chi connectivity index (χ1) is 9.07. The van der Waals surface area contributed by atoms with Crippen molar-refractivity contribution in [2.45, 2.75) is 18.9 Å². The molecule has 0 radical (unpaired) electrons. The van der Waals surface area contributed by atoms with Crippen molar-refractivity contribution in [3.8, 4) is 11.5 Å². The molecule has 1 aromatic carbocycles. The zero-order valence-electron chi connectivity index (χ0n) is 10.5. The summed E-state index contributed by atoms with van der Waals surface area (Å²) in [5, 5.41) is 16.7. The lowest BCUT2D eigenvalue weighted by Gasteiger charge is -2.20. The second-order valence-corrected chi connectivity index (χ2v) is 5.53. The summed E-state index contributed by atoms with van der Waals surface area (Å²) < 4.78 is 14.9. The van der Waals surface area contributed by atoms with Crippen molar-refractivity contribution in [2.75, 3.05) is 0 Å². The number of nitrogens with two attached hydrogens (primary N) is 1. The van der Waals surface area contributed by atoms with Crippen LogP contribution in [0.3, 0.4) is 0 Å². The molecular weight excluding hydrogens is 291 g/mol. The van der Waals surface area contributed by atoms with E-state index in [-0.39, 0.29) is 12.2 Å². The Bertz CT molecular complexity index is 559. The third-order valence-corrected chi connectivity index (χ3v) is 3.05. The number of phosphoric ester groups is 1. The first kappa shape index (κ1) is 16.4. The van der Waals surface area contributed by atoms with Crippen molar-refractivity contribution in [3.05, 3.63) is 23.8 Å². The molecule has 0 fully saturated rings. The number of aromatic hydroxyl groups is 1. The summed E-state index contributed by atoms with van der Waals surface area (Å²) in [6, 6.07) is 3.71. The minimum Gasteiger partial charge on any atom is -0.563 e. The maximum Gasteiger partial charge on any atom is 0.537 e. The van der Waals surface area contributed by atoms with Crippen molar-refractivity contribution in [1.82, 2.24) is 5.43 Å². The monoisotopic (exact) mass is 307 g/mol. The highest BCUT2D eigenvalue weighted by molar-refractivity contribution is 7.46. The van der Waals surface area contributed by atoms with Gasteiger partial charge in [0.05, 0.1) is 0 Å². The SMILES string of the molecule is C[C@@](Cc1ccc(OP(=O)(O)O)c(O)c1)(NN)C(=O)[OH2+]. The lowest BCUT2D eigenvalue weighted by molar-refractivity contribution is -0.144. The Morgan fingerprint density at radius 3 is 2.55 bits per heavy atom. The van der Waals surface area contributed by atoms with E-state index < -0.39 is 25.1 Å². The van der Waals surface area contributed by atoms with Gasteiger partial charge in [0.1, 0.15) is 0 Å². The molecule has 20 heavy (non-hydrogen) atoms. The number of carbonyl (C=O) groups is 1. The van der Waals surface area contributed by atoms with Gasteiger partial charge < -0.3 is 14.7 Å². The summed E-state index contributed by atoms with van der Waals surface area (Å²) in [7, 11) is -4.77. The van der Waals surface area contributed by atoms with Gasteiger partial charge in [-0.25, -0.2) is 9.99 Å². The van der Waals surface area contributed by atoms with Gasteiger partial charge in [0, 0.05) is 11.2 Å². The van der Waals surface area contributed by atoms with Crippen molar-refractivity contribution in [2.24, 2.45) is 5.84 Å². The maximum atomic E-state index is 11.2. The number of nitrogens with one attached hydrogen (secondary N) is 1. The van der Waals surface area contributed by atoms with E-state index in [1.807, 2.05) is 0 Å². The summed E-state index contributed by atoms with van der Waals surface area (Å²) in [4.78, 5) is 28.5. The van der Waals surface area contributed by atoms with Crippen molar-refractivity contribution in [1.29, 1.82) is 0 Å². The van der Waals surface area contributed by atoms with E-state index >= 15 is 0 Å². The number of phenolic OH excluding ortho intramolecular Hbond substituents is 1. The van der Waals surface area contributed by atoms with E-state index in [4.69, 9.17) is 20.7 Å². The normalized spacial score (nSPS) is 14.6. The van der Waals surface area contributed by atoms with Crippen LogP contribution in [-0.4, -0.2) is 31.5 Å². The molecule has 1 atom stereocenters. The third kappa shape index (κ3) is 4.19. The molecule has 9 nitrogen and oxygen atoms in total. The highest BCUT2D eigenvalue weighted by atomic mass is 31.2. The highest BCUT2D eigenvalue weighted by Gasteiger charge is 2.39. The second kappa shape index (κ2) is 5.78. The number of carbonyl (C=O) groups excluding carboxylic acids is 1. The average Bonchev–Trinajstić information content (AvgIpc) is 2.31. The van der Waals surface area contributed by atoms with E-state index in [1.165, 1.54) is 19.1 Å². The van der Waals surface area contributed by atoms with Crippen molar-refractivity contribution >= 4 is 13.8 Å². The lowest BCUT2D eigenvalue weighted by atomic mass is 9.93. The molecule has 112 valence electrons. The summed E-state index contributed by atoms with van der Waals surface area (Å²) in [6.45, 7) is 1.42. The maximum absolute atomic E-state index is 11.2. The van der Waals surface area contributed by atoms with Crippen LogP contribution in [0.25, 0.3) is 0 Å². The van der Waals surface area contributed by atoms with E-state index in [9.17, 15) is 14.5 Å². The quantitative estimate of drug-likeness (QED) is 0.191. The highest BCUT2D eigenvalue weighted by Crippen LogP contribution is 2.41. The molecule has 0 bridgehead atoms. The Hall–Kier alpha value is -1.64. The van der Waals surface area contributed by atoms with Gasteiger partial charge in [0.2, 0.25) is 0 Å². The summed E-state index contributed by atoms with van der Waals surface area (Å²) >= 11 is 0. The smallest absolute Gasteiger partial charge is 0.537 e. The largest absolute Gasteiger partial charge is 0.563 e. The van der Waals surface area contributed by atoms with Gasteiger partial charge in [-0.2, -0.15) is 0 Å². The molecule has 10 heteroatoms. The number of hydrogen-bond acceptors (Lipinski definition) is 6. The van der Waals surface area contributed by atoms with Gasteiger partial charge in [0.25, 0.3) is 0 Å². The van der Waals surface area contributed by atoms with E-state index in [2.05, 4.69) is 9.95 Å². The van der Waals surface area contributed by atoms with Crippen LogP contribution >= 0.6 is 7.82 Å². The summed E-state index contributed by atoms with van der Waals surface area (Å²) in [5.74, 6) is 3.41. The summed E-state index contributed by atoms with van der Waals surface area (Å²) in [5.41, 5.74) is 1.32. The van der Waals surface area contributed by atoms with E-state index in [1.54, 1.807) is 0 Å². The Labute approximate surface area is 114 Å². The van der Waals surface area contributed by atoms with Gasteiger partial charge in [-0.1, -0.05) is 6.07 Å². The first-order valence-corrected chi connectivity index (χ1v) is 6.91. The van der Waals surface area contributed by atoms with Crippen LogP contribution in [0.1, 0.15) is 12.5 Å². The Morgan fingerprint density at radius 1 is 1.55 bits per heavy atom. The van der Waals surface area contributed by atoms with E-state index in [0.29, 0.717) is 5.56 Å². The minimum atomic E-state index is -4.77. The minimum absolute atomic E-state index is 0.00951. The van der Waals surface area contributed by atoms with Crippen LogP contribution in [0.5, 0.6) is 11.5 Å². The Balaban J connectivity index is 2.98. The first-order valence-electron chi connectivity index (χ1n) is 5.38. The zero-order valence-corrected chi connectivity index (χ0v) is 11.4. The number of hydrogen-bond donors (Lipinski definition) is 5. The predicted molar refractivity (Wildman–Crippen MR) is 68.8 cm³/mol. The third-order valence-electron chi connectivity index (χ3n) is 2.62. The van der Waals surface area contributed by atoms with Gasteiger partial charge in [-0.15, -0.1) is 0 Å². The van der Waals surface area contributed by atoms with Crippen LogP contribution < -0.4 is 15.8 Å². The summed E-state index contributed by atoms with van der Waals surface area (Å²) in [6.07, 6.45) is 0.00951. The molecule has 0 amide bonds. The molecule has 1 rings (SSSR count). The van der Waals surface area contributed by atoms with Crippen LogP contribution in [0.2, 0.25) is 0 Å². The van der Waals surface area contributed by atoms with Gasteiger partial charge in [-0.3, -0.25) is 15.6 Å². The molecule has 0 aromatic heterocycles. The van der Waals surface area contributed by atoms with Crippen LogP contribution in [0.4, 0.5) is 0 Å². The topological polar surface area (TPSA) is 165 Å². The number of phosphoric acid groups is 1. The standard InChI is InChI=1S/C10H15N2O7P/c1-10(12-11,9(14)15)5-6-2-3-8(7(13)4-6)19-20(16,17)18/h2-4,12-13H,5,11H2,1H3,(H,14,15)(H2,16,17,18)/p+1/t10-/m0/s1. The molecule has 0 saturated carbocycles. The van der Waals surface area contributed by atoms with Gasteiger partial charge >= 0.3 is 13.8 Å². The van der Waals surface area contributed by atoms with E-state index in [0.717, 1.165) is 6.07 Å². The average molecular weight is 307 g/mol. The van der Waals surface area contributed by atoms with Gasteiger partial charge in [0.15, 0.2) is 17.0 Å². The second-order valence-electron chi connectivity index (χ2n) is 4.37. The fourth-order valence-electron chi connectivity index (χ4n) is 1.48. The predicted octanol–water partition coefficient (Wildman–Crippen LogP) is -1.12. The number of hydrazine groups is 1. The number of phenols is 1. The van der Waals surface area contributed by atoms with Gasteiger partial charge in [-0.05, 0) is 24.6 Å². The number of rotatable bonds is 6. The molecule has 0 aliphatic carbocycles. The van der Waals surface area contributed by atoms with Crippen molar-refractivity contribution < 1.29 is 33.9 Å². The molecule has 0 spiro atoms. The molecular formula is C10H16N2O7P+. The molecule has 0 heterocycles. The molecule has 1 aromatic rings. The number of benzene rings is 1. The molecule has 0 aliphatic rings. The van der Waals surface area contributed by atoms with Crippen molar-refractivity contribution in [3.63, 3.8) is 0 Å². The Morgan fingerprint density at radius 2 is 2.15 bits per heavy atom.